The minimum atomic E-state index is -0.433. The number of benzene rings is 1. The first kappa shape index (κ1) is 13.6. The lowest BCUT2D eigenvalue weighted by molar-refractivity contribution is 0.0759. The summed E-state index contributed by atoms with van der Waals surface area (Å²) < 4.78 is 5.69. The lowest BCUT2D eigenvalue weighted by Crippen LogP contribution is -2.30. The molecule has 0 spiro atoms. The van der Waals surface area contributed by atoms with Crippen LogP contribution in [0.15, 0.2) is 48.7 Å². The van der Waals surface area contributed by atoms with Crippen molar-refractivity contribution in [2.75, 3.05) is 13.1 Å². The predicted octanol–water partition coefficient (Wildman–Crippen LogP) is 2.08. The maximum absolute atomic E-state index is 12.3. The Balaban J connectivity index is 1.75. The minimum Gasteiger partial charge on any atom is -0.457 e. The van der Waals surface area contributed by atoms with E-state index in [4.69, 9.17) is 4.74 Å². The second kappa shape index (κ2) is 5.93. The van der Waals surface area contributed by atoms with Gasteiger partial charge in [0.25, 0.3) is 5.91 Å². The number of rotatable bonds is 3. The number of carbonyl (C=O) groups excluding carboxylic acids is 1. The molecule has 1 aliphatic rings. The van der Waals surface area contributed by atoms with E-state index in [2.05, 4.69) is 4.98 Å². The molecular formula is C16H16N2O3. The molecule has 1 amide bonds. The Morgan fingerprint density at radius 2 is 2.05 bits per heavy atom. The number of hydrogen-bond donors (Lipinski definition) is 1. The third kappa shape index (κ3) is 3.20. The summed E-state index contributed by atoms with van der Waals surface area (Å²) in [6, 6.07) is 12.7. The highest BCUT2D eigenvalue weighted by Gasteiger charge is 2.26. The van der Waals surface area contributed by atoms with E-state index in [-0.39, 0.29) is 5.91 Å². The number of pyridine rings is 1. The molecule has 1 aliphatic heterocycles. The zero-order valence-electron chi connectivity index (χ0n) is 11.5. The SMILES string of the molecule is O=C(c1cc(Oc2ccccc2)ccn1)N1CC[C@@H](O)C1. The molecule has 1 aromatic carbocycles. The van der Waals surface area contributed by atoms with Gasteiger partial charge in [-0.15, -0.1) is 0 Å². The number of aliphatic hydroxyl groups excluding tert-OH is 1. The Hall–Kier alpha value is -2.40. The number of likely N-dealkylation sites (tertiary alicyclic amines) is 1. The van der Waals surface area contributed by atoms with Crippen LogP contribution in [0.3, 0.4) is 0 Å². The first-order valence-electron chi connectivity index (χ1n) is 6.88. The highest BCUT2D eigenvalue weighted by Crippen LogP contribution is 2.22. The molecule has 1 saturated heterocycles. The van der Waals surface area contributed by atoms with Gasteiger partial charge in [0.2, 0.25) is 0 Å². The molecular weight excluding hydrogens is 268 g/mol. The predicted molar refractivity (Wildman–Crippen MR) is 77.3 cm³/mol. The number of carbonyl (C=O) groups is 1. The number of ether oxygens (including phenoxy) is 1. The smallest absolute Gasteiger partial charge is 0.272 e. The highest BCUT2D eigenvalue weighted by atomic mass is 16.5. The van der Waals surface area contributed by atoms with E-state index in [1.54, 1.807) is 23.2 Å². The minimum absolute atomic E-state index is 0.176. The van der Waals surface area contributed by atoms with Gasteiger partial charge in [0, 0.05) is 25.4 Å². The van der Waals surface area contributed by atoms with Crippen LogP contribution in [0.2, 0.25) is 0 Å². The van der Waals surface area contributed by atoms with Gasteiger partial charge in [-0.05, 0) is 24.6 Å². The average Bonchev–Trinajstić information content (AvgIpc) is 2.94. The molecule has 0 saturated carbocycles. The van der Waals surface area contributed by atoms with Crippen molar-refractivity contribution in [3.8, 4) is 11.5 Å². The Labute approximate surface area is 122 Å². The van der Waals surface area contributed by atoms with Crippen LogP contribution in [0.5, 0.6) is 11.5 Å². The first-order valence-corrected chi connectivity index (χ1v) is 6.88. The third-order valence-electron chi connectivity index (χ3n) is 3.38. The second-order valence-electron chi connectivity index (χ2n) is 4.99. The van der Waals surface area contributed by atoms with E-state index in [1.807, 2.05) is 30.3 Å². The van der Waals surface area contributed by atoms with E-state index in [1.165, 1.54) is 0 Å². The number of β-amino-alcohol motifs (C(OH)–C–C–N with tert-alkyl or cyclic N) is 1. The Bertz CT molecular complexity index is 630. The van der Waals surface area contributed by atoms with Crippen LogP contribution in [0.25, 0.3) is 0 Å². The second-order valence-corrected chi connectivity index (χ2v) is 4.99. The maximum Gasteiger partial charge on any atom is 0.272 e. The fourth-order valence-corrected chi connectivity index (χ4v) is 2.30. The van der Waals surface area contributed by atoms with Crippen molar-refractivity contribution in [3.63, 3.8) is 0 Å². The normalized spacial score (nSPS) is 17.8. The van der Waals surface area contributed by atoms with Crippen LogP contribution in [0, 0.1) is 0 Å². The summed E-state index contributed by atoms with van der Waals surface area (Å²) in [4.78, 5) is 18.0. The van der Waals surface area contributed by atoms with Crippen molar-refractivity contribution in [2.24, 2.45) is 0 Å². The largest absolute Gasteiger partial charge is 0.457 e. The summed E-state index contributed by atoms with van der Waals surface area (Å²) in [5, 5.41) is 9.51. The van der Waals surface area contributed by atoms with Gasteiger partial charge >= 0.3 is 0 Å². The summed E-state index contributed by atoms with van der Waals surface area (Å²) in [6.45, 7) is 0.926. The lowest BCUT2D eigenvalue weighted by atomic mass is 10.3. The molecule has 0 radical (unpaired) electrons. The zero-order valence-corrected chi connectivity index (χ0v) is 11.5. The Morgan fingerprint density at radius 3 is 2.76 bits per heavy atom. The molecule has 0 bridgehead atoms. The van der Waals surface area contributed by atoms with Crippen molar-refractivity contribution in [2.45, 2.75) is 12.5 Å². The van der Waals surface area contributed by atoms with E-state index >= 15 is 0 Å². The molecule has 0 unspecified atom stereocenters. The molecule has 1 fully saturated rings. The molecule has 5 heteroatoms. The van der Waals surface area contributed by atoms with Crippen molar-refractivity contribution < 1.29 is 14.6 Å². The number of nitrogens with zero attached hydrogens (tertiary/aromatic N) is 2. The van der Waals surface area contributed by atoms with Gasteiger partial charge in [0.15, 0.2) is 0 Å². The average molecular weight is 284 g/mol. The van der Waals surface area contributed by atoms with Gasteiger partial charge in [0.05, 0.1) is 6.10 Å². The summed E-state index contributed by atoms with van der Waals surface area (Å²) >= 11 is 0. The summed E-state index contributed by atoms with van der Waals surface area (Å²) in [5.74, 6) is 1.10. The lowest BCUT2D eigenvalue weighted by Gasteiger charge is -2.15. The topological polar surface area (TPSA) is 62.7 Å². The van der Waals surface area contributed by atoms with Gasteiger partial charge in [-0.2, -0.15) is 0 Å². The van der Waals surface area contributed by atoms with Crippen LogP contribution in [-0.2, 0) is 0 Å². The van der Waals surface area contributed by atoms with Crippen LogP contribution in [0.1, 0.15) is 16.9 Å². The van der Waals surface area contributed by atoms with Gasteiger partial charge < -0.3 is 14.7 Å². The number of amides is 1. The quantitative estimate of drug-likeness (QED) is 0.937. The van der Waals surface area contributed by atoms with Gasteiger partial charge in [-0.1, -0.05) is 18.2 Å². The van der Waals surface area contributed by atoms with E-state index < -0.39 is 6.10 Å². The molecule has 0 aliphatic carbocycles. The summed E-state index contributed by atoms with van der Waals surface area (Å²) in [7, 11) is 0. The third-order valence-corrected chi connectivity index (χ3v) is 3.38. The highest BCUT2D eigenvalue weighted by molar-refractivity contribution is 5.92. The number of hydrogen-bond acceptors (Lipinski definition) is 4. The Kier molecular flexibility index (Phi) is 3.83. The van der Waals surface area contributed by atoms with Gasteiger partial charge in [-0.3, -0.25) is 9.78 Å². The van der Waals surface area contributed by atoms with Crippen LogP contribution < -0.4 is 4.74 Å². The number of para-hydroxylation sites is 1. The van der Waals surface area contributed by atoms with Crippen LogP contribution >= 0.6 is 0 Å². The number of aliphatic hydroxyl groups is 1. The van der Waals surface area contributed by atoms with Gasteiger partial charge in [0.1, 0.15) is 17.2 Å². The molecule has 1 aromatic heterocycles. The molecule has 5 nitrogen and oxygen atoms in total. The van der Waals surface area contributed by atoms with Crippen molar-refractivity contribution in [3.05, 3.63) is 54.4 Å². The van der Waals surface area contributed by atoms with Crippen molar-refractivity contribution >= 4 is 5.91 Å². The van der Waals surface area contributed by atoms with E-state index in [0.717, 1.165) is 0 Å². The fourth-order valence-electron chi connectivity index (χ4n) is 2.30. The van der Waals surface area contributed by atoms with Crippen LogP contribution in [0.4, 0.5) is 0 Å². The molecule has 1 N–H and O–H groups in total. The van der Waals surface area contributed by atoms with E-state index in [0.29, 0.717) is 36.7 Å². The maximum atomic E-state index is 12.3. The van der Waals surface area contributed by atoms with Crippen molar-refractivity contribution in [1.29, 1.82) is 0 Å². The van der Waals surface area contributed by atoms with E-state index in [9.17, 15) is 9.90 Å². The molecule has 21 heavy (non-hydrogen) atoms. The molecule has 3 rings (SSSR count). The standard InChI is InChI=1S/C16H16N2O3/c19-12-7-9-18(11-12)16(20)15-10-14(6-8-17-15)21-13-4-2-1-3-5-13/h1-6,8,10,12,19H,7,9,11H2/t12-/m1/s1. The molecule has 2 heterocycles. The fraction of sp³-hybridized carbons (Fsp3) is 0.250. The molecule has 1 atom stereocenters. The molecule has 2 aromatic rings. The van der Waals surface area contributed by atoms with Crippen LogP contribution in [-0.4, -0.2) is 40.1 Å². The summed E-state index contributed by atoms with van der Waals surface area (Å²) in [6.07, 6.45) is 1.74. The summed E-state index contributed by atoms with van der Waals surface area (Å²) in [5.41, 5.74) is 0.331. The first-order chi connectivity index (χ1) is 10.2. The molecule has 108 valence electrons. The number of aromatic nitrogens is 1. The zero-order chi connectivity index (χ0) is 14.7. The van der Waals surface area contributed by atoms with Gasteiger partial charge in [-0.25, -0.2) is 0 Å². The van der Waals surface area contributed by atoms with Crippen molar-refractivity contribution in [1.82, 2.24) is 9.88 Å². The Morgan fingerprint density at radius 1 is 1.24 bits per heavy atom. The monoisotopic (exact) mass is 284 g/mol.